The maximum absolute atomic E-state index is 12.7. The van der Waals surface area contributed by atoms with Crippen LogP contribution in [0, 0.1) is 29.6 Å². The molecule has 0 aliphatic carbocycles. The van der Waals surface area contributed by atoms with Crippen molar-refractivity contribution < 1.29 is 69.6 Å². The summed E-state index contributed by atoms with van der Waals surface area (Å²) >= 11 is 12.6. The zero-order valence-corrected chi connectivity index (χ0v) is 44.1. The smallest absolute Gasteiger partial charge is 0.296 e. The number of thiophene rings is 1. The first-order chi connectivity index (χ1) is 35.3. The summed E-state index contributed by atoms with van der Waals surface area (Å²) in [7, 11) is -25.9. The van der Waals surface area contributed by atoms with Crippen LogP contribution in [0.5, 0.6) is 0 Å². The van der Waals surface area contributed by atoms with E-state index in [9.17, 15) is 80.2 Å². The average molecular weight is 1190 g/mol. The summed E-state index contributed by atoms with van der Waals surface area (Å²) in [5.41, 5.74) is -1.31. The Hall–Kier alpha value is -7.41. The van der Waals surface area contributed by atoms with Crippen molar-refractivity contribution in [1.29, 1.82) is 10.5 Å². The average Bonchev–Trinajstić information content (AvgIpc) is 3.67. The Morgan fingerprint density at radius 1 is 0.592 bits per heavy atom. The molecule has 34 heteroatoms. The number of halogens is 2. The summed E-state index contributed by atoms with van der Waals surface area (Å²) in [6.07, 6.45) is 0. The Kier molecular flexibility index (Phi) is 15.5. The van der Waals surface area contributed by atoms with E-state index in [1.807, 2.05) is 12.1 Å². The second kappa shape index (κ2) is 21.0. The summed E-state index contributed by atoms with van der Waals surface area (Å²) in [5, 5.41) is 43.4. The number of nitrogens with zero attached hydrogens (tertiary/aromatic N) is 7. The first-order valence-electron chi connectivity index (χ1n) is 20.1. The van der Waals surface area contributed by atoms with Gasteiger partial charge in [-0.25, -0.2) is 4.98 Å². The highest BCUT2D eigenvalue weighted by Crippen LogP contribution is 2.49. The van der Waals surface area contributed by atoms with Gasteiger partial charge < -0.3 is 16.0 Å². The molecule has 26 nitrogen and oxygen atoms in total. The van der Waals surface area contributed by atoms with Crippen molar-refractivity contribution in [1.82, 2.24) is 4.98 Å². The predicted molar refractivity (Wildman–Crippen MR) is 273 cm³/mol. The Bertz CT molecular complexity index is 4410. The molecule has 5 aromatic carbocycles. The third-order valence-electron chi connectivity index (χ3n) is 10.2. The number of hydrogen-bond donors (Lipinski definition) is 8. The maximum atomic E-state index is 12.7. The van der Waals surface area contributed by atoms with Crippen LogP contribution in [0.2, 0.25) is 10.0 Å². The van der Waals surface area contributed by atoms with Gasteiger partial charge in [-0.1, -0.05) is 46.7 Å². The summed E-state index contributed by atoms with van der Waals surface area (Å²) in [5.74, 6) is -1.11. The molecule has 76 heavy (non-hydrogen) atoms. The molecule has 0 atom stereocenters. The van der Waals surface area contributed by atoms with Gasteiger partial charge in [0.1, 0.15) is 48.0 Å². The first-order valence-corrected chi connectivity index (χ1v) is 28.9. The highest BCUT2D eigenvalue weighted by molar-refractivity contribution is 7.87. The quantitative estimate of drug-likeness (QED) is 0.0349. The van der Waals surface area contributed by atoms with Crippen LogP contribution >= 0.6 is 34.5 Å². The molecule has 2 aromatic heterocycles. The van der Waals surface area contributed by atoms with Crippen molar-refractivity contribution in [2.45, 2.75) is 38.3 Å². The van der Waals surface area contributed by atoms with Crippen molar-refractivity contribution in [2.24, 2.45) is 20.5 Å². The normalized spacial score (nSPS) is 12.5. The highest BCUT2D eigenvalue weighted by Gasteiger charge is 2.28. The monoisotopic (exact) mass is 1190 g/mol. The van der Waals surface area contributed by atoms with Crippen molar-refractivity contribution >= 4 is 152 Å². The van der Waals surface area contributed by atoms with E-state index in [-0.39, 0.29) is 82.2 Å². The van der Waals surface area contributed by atoms with Gasteiger partial charge in [-0.3, -0.25) is 27.6 Å². The van der Waals surface area contributed by atoms with Gasteiger partial charge >= 0.3 is 0 Å². The number of benzene rings is 5. The molecule has 8 N–H and O–H groups in total. The van der Waals surface area contributed by atoms with Gasteiger partial charge in [0.25, 0.3) is 50.6 Å². The molecule has 0 saturated heterocycles. The predicted octanol–water partition coefficient (Wildman–Crippen LogP) is 9.83. The summed E-state index contributed by atoms with van der Waals surface area (Å²) in [4.78, 5) is 11.5. The van der Waals surface area contributed by atoms with E-state index in [0.29, 0.717) is 29.5 Å². The number of carbonyl (C=O) groups is 1. The van der Waals surface area contributed by atoms with Crippen LogP contribution < -0.4 is 16.0 Å². The number of hydrogen-bond acceptors (Lipinski definition) is 21. The summed E-state index contributed by atoms with van der Waals surface area (Å²) in [6.45, 7) is 2.58. The summed E-state index contributed by atoms with van der Waals surface area (Å²) in [6, 6.07) is 18.7. The number of aromatic nitrogens is 1. The van der Waals surface area contributed by atoms with Crippen LogP contribution in [0.3, 0.4) is 0 Å². The molecule has 7 aromatic rings. The molecule has 392 valence electrons. The van der Waals surface area contributed by atoms with Crippen LogP contribution in [-0.2, 0) is 55.4 Å². The summed E-state index contributed by atoms with van der Waals surface area (Å²) < 4.78 is 173. The molecule has 7 rings (SSSR count). The van der Waals surface area contributed by atoms with Gasteiger partial charge in [0.15, 0.2) is 16.6 Å². The molecular formula is C42H28Cl2N10O16S6. The SMILES string of the molecule is CC(=O)Nc1cccc(-c2c(N=Nc3cc(S(=O)(=O)O)c4cc(S(=O)(=O)O)cc(S(=O)(=O)O)c4c3)sc(N=Nc3c(Nc4ccc(Cl)c(S(=O)(=O)O)c4)nc(Nc4ccc(Cl)c(S(=O)(=O)O)c4)c(C#N)c3C)c2C#N)c1. The number of nitriles is 2. The van der Waals surface area contributed by atoms with E-state index >= 15 is 0 Å². The molecule has 0 radical (unpaired) electrons. The standard InChI is InChI=1S/C42H28Cl2N10O16S6/c1-19-29(17-45)39(48-23-6-8-31(43)35(12-23)75(65,66)67)50-40(49-24-7-9-32(44)36(13-24)76(68,69)70)38(19)52-53-41-30(18-46)37(21-4-3-5-22(10-21)47-20(2)55)42(71-41)54-51-25-11-27-28(33(14-25)73(59,60)61)15-26(72(56,57)58)16-34(27)74(62,63)64/h3-16H,1-2H3,(H,47,55)(H2,48,49,50)(H,56,57,58)(H,59,60,61)(H,62,63,64)(H,65,66,67)(H,68,69,70). The van der Waals surface area contributed by atoms with E-state index < -0.39 is 97.4 Å². The largest absolute Gasteiger partial charge is 0.339 e. The fourth-order valence-corrected chi connectivity index (χ4v) is 12.0. The number of azo groups is 2. The second-order valence-electron chi connectivity index (χ2n) is 15.4. The fraction of sp³-hybridized carbons (Fsp3) is 0.0476. The molecule has 0 spiro atoms. The third-order valence-corrected chi connectivity index (χ3v) is 16.5. The van der Waals surface area contributed by atoms with Crippen molar-refractivity contribution in [3.05, 3.63) is 112 Å². The van der Waals surface area contributed by atoms with Gasteiger partial charge in [0.2, 0.25) is 5.91 Å². The molecular weight excluding hydrogens is 1160 g/mol. The minimum atomic E-state index is -5.43. The number of fused-ring (bicyclic) bond motifs is 1. The Morgan fingerprint density at radius 2 is 1.12 bits per heavy atom. The fourth-order valence-electron chi connectivity index (χ4n) is 7.03. The molecule has 2 heterocycles. The minimum Gasteiger partial charge on any atom is -0.339 e. The Balaban J connectivity index is 1.46. The zero-order valence-electron chi connectivity index (χ0n) is 37.6. The van der Waals surface area contributed by atoms with Crippen LogP contribution in [0.1, 0.15) is 23.6 Å². The molecule has 0 aliphatic rings. The van der Waals surface area contributed by atoms with E-state index in [1.54, 1.807) is 0 Å². The number of rotatable bonds is 15. The maximum Gasteiger partial charge on any atom is 0.296 e. The van der Waals surface area contributed by atoms with E-state index in [1.165, 1.54) is 50.2 Å². The number of amides is 1. The van der Waals surface area contributed by atoms with Crippen LogP contribution in [0.4, 0.5) is 50.1 Å². The Labute approximate surface area is 443 Å². The van der Waals surface area contributed by atoms with Crippen LogP contribution in [-0.4, -0.2) is 75.7 Å². The first kappa shape index (κ1) is 56.3. The van der Waals surface area contributed by atoms with Crippen molar-refractivity contribution in [2.75, 3.05) is 16.0 Å². The lowest BCUT2D eigenvalue weighted by molar-refractivity contribution is -0.114. The van der Waals surface area contributed by atoms with Gasteiger partial charge in [0, 0.05) is 45.9 Å². The minimum absolute atomic E-state index is 0.0312. The molecule has 0 fully saturated rings. The molecule has 0 aliphatic heterocycles. The van der Waals surface area contributed by atoms with Crippen molar-refractivity contribution in [3.8, 4) is 23.3 Å². The van der Waals surface area contributed by atoms with E-state index in [4.69, 9.17) is 23.2 Å². The highest BCUT2D eigenvalue weighted by atomic mass is 35.5. The third kappa shape index (κ3) is 12.3. The molecule has 0 unspecified atom stereocenters. The van der Waals surface area contributed by atoms with Crippen molar-refractivity contribution in [3.63, 3.8) is 0 Å². The number of nitrogens with one attached hydrogen (secondary N) is 3. The number of carbonyl (C=O) groups excluding carboxylic acids is 1. The number of pyridine rings is 1. The lowest BCUT2D eigenvalue weighted by Gasteiger charge is -2.16. The lowest BCUT2D eigenvalue weighted by Crippen LogP contribution is -2.07. The number of anilines is 5. The van der Waals surface area contributed by atoms with Gasteiger partial charge in [0.05, 0.1) is 26.2 Å². The van der Waals surface area contributed by atoms with E-state index in [0.717, 1.165) is 30.3 Å². The molecule has 0 bridgehead atoms. The van der Waals surface area contributed by atoms with E-state index in [2.05, 4.69) is 41.4 Å². The van der Waals surface area contributed by atoms with Gasteiger partial charge in [-0.15, -0.1) is 20.5 Å². The van der Waals surface area contributed by atoms with Gasteiger partial charge in [-0.2, -0.15) is 52.6 Å². The lowest BCUT2D eigenvalue weighted by atomic mass is 10.0. The zero-order chi connectivity index (χ0) is 56.0. The molecule has 1 amide bonds. The molecule has 0 saturated carbocycles. The Morgan fingerprint density at radius 3 is 1.64 bits per heavy atom. The second-order valence-corrected chi connectivity index (χ2v) is 24.2. The van der Waals surface area contributed by atoms with Crippen LogP contribution in [0.25, 0.3) is 21.9 Å². The topological polar surface area (TPSA) is 435 Å². The van der Waals surface area contributed by atoms with Gasteiger partial charge in [-0.05, 0) is 85.3 Å². The van der Waals surface area contributed by atoms with Crippen LogP contribution in [0.15, 0.2) is 130 Å².